The van der Waals surface area contributed by atoms with Gasteiger partial charge in [-0.25, -0.2) is 0 Å². The zero-order chi connectivity index (χ0) is 12.7. The molecule has 0 saturated carbocycles. The molecule has 98 valence electrons. The molecule has 0 aliphatic carbocycles. The van der Waals surface area contributed by atoms with E-state index in [1.807, 2.05) is 6.92 Å². The largest absolute Gasteiger partial charge is 0.377 e. The molecule has 1 atom stereocenters. The maximum absolute atomic E-state index is 5.65. The Balaban J connectivity index is 2.26. The molecular formula is C12H21BrN2OS. The molecule has 0 saturated heterocycles. The molecule has 2 N–H and O–H groups in total. The Morgan fingerprint density at radius 2 is 2.35 bits per heavy atom. The molecule has 5 heteroatoms. The minimum absolute atomic E-state index is 0.192. The highest BCUT2D eigenvalue weighted by Crippen LogP contribution is 2.20. The standard InChI is InChI=1S/C12H21BrN2OS/c1-3-16-11(7-14)4-5-15(2)8-12-6-10(13)9-17-12/h6,9,11H,3-5,7-8,14H2,1-2H3. The van der Waals surface area contributed by atoms with Crippen molar-refractivity contribution in [2.75, 3.05) is 26.7 Å². The molecule has 0 aromatic carbocycles. The number of rotatable bonds is 8. The van der Waals surface area contributed by atoms with Crippen LogP contribution in [-0.4, -0.2) is 37.7 Å². The average Bonchev–Trinajstić information content (AvgIpc) is 2.70. The lowest BCUT2D eigenvalue weighted by atomic mass is 10.2. The number of nitrogens with two attached hydrogens (primary N) is 1. The van der Waals surface area contributed by atoms with Crippen LogP contribution in [0.4, 0.5) is 0 Å². The summed E-state index contributed by atoms with van der Waals surface area (Å²) < 4.78 is 6.71. The summed E-state index contributed by atoms with van der Waals surface area (Å²) in [5, 5.41) is 2.12. The van der Waals surface area contributed by atoms with Crippen LogP contribution in [0.1, 0.15) is 18.2 Å². The zero-order valence-corrected chi connectivity index (χ0v) is 12.9. The van der Waals surface area contributed by atoms with Gasteiger partial charge in [0.2, 0.25) is 0 Å². The second-order valence-corrected chi connectivity index (χ2v) is 5.98. The first-order valence-corrected chi connectivity index (χ1v) is 7.56. The lowest BCUT2D eigenvalue weighted by Crippen LogP contribution is -2.29. The topological polar surface area (TPSA) is 38.5 Å². The first kappa shape index (κ1) is 15.1. The van der Waals surface area contributed by atoms with Crippen molar-refractivity contribution >= 4 is 27.3 Å². The fraction of sp³-hybridized carbons (Fsp3) is 0.667. The number of thiophene rings is 1. The van der Waals surface area contributed by atoms with Crippen molar-refractivity contribution < 1.29 is 4.74 Å². The van der Waals surface area contributed by atoms with Gasteiger partial charge in [0.15, 0.2) is 0 Å². The minimum atomic E-state index is 0.192. The molecular weight excluding hydrogens is 300 g/mol. The number of halogens is 1. The smallest absolute Gasteiger partial charge is 0.0709 e. The van der Waals surface area contributed by atoms with E-state index in [1.165, 1.54) is 9.35 Å². The molecule has 17 heavy (non-hydrogen) atoms. The van der Waals surface area contributed by atoms with E-state index in [2.05, 4.69) is 39.3 Å². The van der Waals surface area contributed by atoms with Crippen molar-refractivity contribution in [2.45, 2.75) is 26.0 Å². The van der Waals surface area contributed by atoms with Crippen LogP contribution in [-0.2, 0) is 11.3 Å². The molecule has 1 unspecified atom stereocenters. The Bertz CT molecular complexity index is 319. The van der Waals surface area contributed by atoms with Gasteiger partial charge in [-0.05, 0) is 42.4 Å². The van der Waals surface area contributed by atoms with Crippen molar-refractivity contribution in [3.63, 3.8) is 0 Å². The SMILES string of the molecule is CCOC(CN)CCN(C)Cc1cc(Br)cs1. The summed E-state index contributed by atoms with van der Waals surface area (Å²) in [5.41, 5.74) is 5.65. The first-order valence-electron chi connectivity index (χ1n) is 5.88. The lowest BCUT2D eigenvalue weighted by Gasteiger charge is -2.20. The van der Waals surface area contributed by atoms with Crippen LogP contribution in [0.3, 0.4) is 0 Å². The second-order valence-electron chi connectivity index (χ2n) is 4.07. The fourth-order valence-corrected chi connectivity index (χ4v) is 3.18. The van der Waals surface area contributed by atoms with Crippen molar-refractivity contribution in [1.82, 2.24) is 4.90 Å². The molecule has 0 aliphatic heterocycles. The molecule has 0 aliphatic rings. The molecule has 3 nitrogen and oxygen atoms in total. The van der Waals surface area contributed by atoms with Crippen LogP contribution < -0.4 is 5.73 Å². The summed E-state index contributed by atoms with van der Waals surface area (Å²) in [6.07, 6.45) is 1.19. The number of hydrogen-bond donors (Lipinski definition) is 1. The summed E-state index contributed by atoms with van der Waals surface area (Å²) >= 11 is 5.26. The van der Waals surface area contributed by atoms with Gasteiger partial charge < -0.3 is 15.4 Å². The number of ether oxygens (including phenoxy) is 1. The van der Waals surface area contributed by atoms with Crippen LogP contribution in [0.5, 0.6) is 0 Å². The number of nitrogens with zero attached hydrogens (tertiary/aromatic N) is 1. The van der Waals surface area contributed by atoms with Crippen LogP contribution in [0.2, 0.25) is 0 Å². The summed E-state index contributed by atoms with van der Waals surface area (Å²) in [6.45, 7) is 5.35. The van der Waals surface area contributed by atoms with E-state index < -0.39 is 0 Å². The minimum Gasteiger partial charge on any atom is -0.377 e. The molecule has 0 fully saturated rings. The molecule has 0 bridgehead atoms. The van der Waals surface area contributed by atoms with E-state index in [9.17, 15) is 0 Å². The average molecular weight is 321 g/mol. The van der Waals surface area contributed by atoms with Crippen LogP contribution >= 0.6 is 27.3 Å². The molecule has 0 spiro atoms. The maximum Gasteiger partial charge on any atom is 0.0709 e. The highest BCUT2D eigenvalue weighted by molar-refractivity contribution is 9.10. The summed E-state index contributed by atoms with van der Waals surface area (Å²) in [5.74, 6) is 0. The van der Waals surface area contributed by atoms with Crippen molar-refractivity contribution in [3.05, 3.63) is 20.8 Å². The molecule has 1 aromatic heterocycles. The first-order chi connectivity index (χ1) is 8.15. The predicted octanol–water partition coefficient (Wildman–Crippen LogP) is 2.70. The Morgan fingerprint density at radius 1 is 1.59 bits per heavy atom. The normalized spacial score (nSPS) is 13.2. The number of hydrogen-bond acceptors (Lipinski definition) is 4. The van der Waals surface area contributed by atoms with Crippen molar-refractivity contribution in [3.8, 4) is 0 Å². The Kier molecular flexibility index (Phi) is 7.30. The van der Waals surface area contributed by atoms with Gasteiger partial charge >= 0.3 is 0 Å². The van der Waals surface area contributed by atoms with Gasteiger partial charge in [0.05, 0.1) is 6.10 Å². The third-order valence-electron chi connectivity index (χ3n) is 2.55. The monoisotopic (exact) mass is 320 g/mol. The van der Waals surface area contributed by atoms with E-state index in [1.54, 1.807) is 11.3 Å². The zero-order valence-electron chi connectivity index (χ0n) is 10.5. The van der Waals surface area contributed by atoms with Crippen molar-refractivity contribution in [2.24, 2.45) is 5.73 Å². The van der Waals surface area contributed by atoms with Gasteiger partial charge in [-0.3, -0.25) is 0 Å². The van der Waals surface area contributed by atoms with E-state index in [0.717, 1.165) is 26.1 Å². The quantitative estimate of drug-likeness (QED) is 0.800. The van der Waals surface area contributed by atoms with E-state index in [0.29, 0.717) is 6.54 Å². The highest BCUT2D eigenvalue weighted by atomic mass is 79.9. The molecule has 0 radical (unpaired) electrons. The van der Waals surface area contributed by atoms with Gasteiger partial charge in [0.1, 0.15) is 0 Å². The summed E-state index contributed by atoms with van der Waals surface area (Å²) in [7, 11) is 2.13. The Hall–Kier alpha value is 0.0600. The summed E-state index contributed by atoms with van der Waals surface area (Å²) in [4.78, 5) is 3.68. The van der Waals surface area contributed by atoms with E-state index in [4.69, 9.17) is 10.5 Å². The van der Waals surface area contributed by atoms with Crippen molar-refractivity contribution in [1.29, 1.82) is 0 Å². The Morgan fingerprint density at radius 3 is 2.88 bits per heavy atom. The second kappa shape index (κ2) is 8.21. The molecule has 1 heterocycles. The fourth-order valence-electron chi connectivity index (χ4n) is 1.65. The van der Waals surface area contributed by atoms with Gasteiger partial charge in [-0.1, -0.05) is 0 Å². The van der Waals surface area contributed by atoms with Crippen LogP contribution in [0.15, 0.2) is 15.9 Å². The van der Waals surface area contributed by atoms with Crippen LogP contribution in [0.25, 0.3) is 0 Å². The molecule has 1 aromatic rings. The van der Waals surface area contributed by atoms with Gasteiger partial charge in [0, 0.05) is 41.0 Å². The Labute approximate surface area is 116 Å². The van der Waals surface area contributed by atoms with Gasteiger partial charge in [-0.15, -0.1) is 11.3 Å². The summed E-state index contributed by atoms with van der Waals surface area (Å²) in [6, 6.07) is 2.17. The molecule has 1 rings (SSSR count). The lowest BCUT2D eigenvalue weighted by molar-refractivity contribution is 0.0559. The van der Waals surface area contributed by atoms with Gasteiger partial charge in [0.25, 0.3) is 0 Å². The van der Waals surface area contributed by atoms with E-state index >= 15 is 0 Å². The highest BCUT2D eigenvalue weighted by Gasteiger charge is 2.08. The van der Waals surface area contributed by atoms with Gasteiger partial charge in [-0.2, -0.15) is 0 Å². The third kappa shape index (κ3) is 5.97. The maximum atomic E-state index is 5.65. The molecule has 0 amide bonds. The predicted molar refractivity (Wildman–Crippen MR) is 77.4 cm³/mol. The van der Waals surface area contributed by atoms with E-state index in [-0.39, 0.29) is 6.10 Å². The third-order valence-corrected chi connectivity index (χ3v) is 4.23. The van der Waals surface area contributed by atoms with Crippen LogP contribution in [0, 0.1) is 0 Å².